The molecule has 1 aromatic carbocycles. The Balaban J connectivity index is 1.73. The standard InChI is InChI=1S/C19H24N4O2S2/c1-19(2,3)17-16(12-23(21-17)13-8-4-5-9-13)27(24,25)22-18-20-14-10-6-7-11-15(14)26-18/h6-7,10-13H,4-5,8-9H2,1-3H3,(H,20,22). The number of benzene rings is 1. The fourth-order valence-electron chi connectivity index (χ4n) is 3.53. The van der Waals surface area contributed by atoms with Crippen molar-refractivity contribution in [1.29, 1.82) is 0 Å². The minimum atomic E-state index is -3.77. The lowest BCUT2D eigenvalue weighted by Crippen LogP contribution is -2.20. The summed E-state index contributed by atoms with van der Waals surface area (Å²) in [6, 6.07) is 7.91. The Hall–Kier alpha value is -1.93. The number of sulfonamides is 1. The Morgan fingerprint density at radius 3 is 2.56 bits per heavy atom. The first kappa shape index (κ1) is 18.4. The van der Waals surface area contributed by atoms with E-state index in [2.05, 4.69) is 9.71 Å². The summed E-state index contributed by atoms with van der Waals surface area (Å²) >= 11 is 1.34. The Bertz CT molecular complexity index is 1040. The topological polar surface area (TPSA) is 76.9 Å². The van der Waals surface area contributed by atoms with Gasteiger partial charge in [-0.15, -0.1) is 0 Å². The third-order valence-electron chi connectivity index (χ3n) is 4.91. The molecule has 0 amide bonds. The van der Waals surface area contributed by atoms with E-state index in [-0.39, 0.29) is 16.4 Å². The fraction of sp³-hybridized carbons (Fsp3) is 0.474. The molecule has 27 heavy (non-hydrogen) atoms. The molecule has 0 spiro atoms. The van der Waals surface area contributed by atoms with Gasteiger partial charge in [-0.3, -0.25) is 9.40 Å². The van der Waals surface area contributed by atoms with Crippen LogP contribution in [0.4, 0.5) is 5.13 Å². The van der Waals surface area contributed by atoms with Crippen molar-refractivity contribution in [3.63, 3.8) is 0 Å². The molecule has 1 N–H and O–H groups in total. The van der Waals surface area contributed by atoms with Gasteiger partial charge in [-0.05, 0) is 25.0 Å². The van der Waals surface area contributed by atoms with Crippen LogP contribution in [-0.4, -0.2) is 23.2 Å². The first-order valence-corrected chi connectivity index (χ1v) is 11.5. The van der Waals surface area contributed by atoms with Gasteiger partial charge in [-0.1, -0.05) is 57.1 Å². The summed E-state index contributed by atoms with van der Waals surface area (Å²) in [5.41, 5.74) is 1.02. The number of para-hydroxylation sites is 1. The van der Waals surface area contributed by atoms with Crippen LogP contribution in [0.5, 0.6) is 0 Å². The number of fused-ring (bicyclic) bond motifs is 1. The number of rotatable bonds is 4. The lowest BCUT2D eigenvalue weighted by atomic mass is 9.92. The molecule has 1 fully saturated rings. The highest BCUT2D eigenvalue weighted by Crippen LogP contribution is 2.35. The van der Waals surface area contributed by atoms with Crippen LogP contribution in [0.15, 0.2) is 35.4 Å². The van der Waals surface area contributed by atoms with Crippen LogP contribution in [0, 0.1) is 0 Å². The largest absolute Gasteiger partial charge is 0.268 e. The van der Waals surface area contributed by atoms with Gasteiger partial charge in [0, 0.05) is 11.6 Å². The van der Waals surface area contributed by atoms with Gasteiger partial charge in [0.15, 0.2) is 5.13 Å². The van der Waals surface area contributed by atoms with Crippen LogP contribution in [-0.2, 0) is 15.4 Å². The molecule has 0 aliphatic heterocycles. The molecule has 0 unspecified atom stereocenters. The quantitative estimate of drug-likeness (QED) is 0.683. The van der Waals surface area contributed by atoms with Gasteiger partial charge < -0.3 is 0 Å². The third-order valence-corrected chi connectivity index (χ3v) is 7.33. The highest BCUT2D eigenvalue weighted by molar-refractivity contribution is 7.93. The number of anilines is 1. The van der Waals surface area contributed by atoms with Crippen LogP contribution in [0.1, 0.15) is 58.2 Å². The summed E-state index contributed by atoms with van der Waals surface area (Å²) in [5.74, 6) is 0. The van der Waals surface area contributed by atoms with Crippen LogP contribution in [0.25, 0.3) is 10.2 Å². The molecule has 0 saturated heterocycles. The van der Waals surface area contributed by atoms with E-state index in [9.17, 15) is 8.42 Å². The molecule has 0 bridgehead atoms. The zero-order valence-electron chi connectivity index (χ0n) is 15.8. The molecule has 2 heterocycles. The zero-order chi connectivity index (χ0) is 19.2. The van der Waals surface area contributed by atoms with Gasteiger partial charge in [-0.25, -0.2) is 13.4 Å². The number of hydrogen-bond acceptors (Lipinski definition) is 5. The van der Waals surface area contributed by atoms with E-state index in [4.69, 9.17) is 5.10 Å². The lowest BCUT2D eigenvalue weighted by Gasteiger charge is -2.17. The van der Waals surface area contributed by atoms with Crippen molar-refractivity contribution >= 4 is 36.7 Å². The molecule has 3 aromatic rings. The lowest BCUT2D eigenvalue weighted by molar-refractivity contribution is 0.448. The molecule has 6 nitrogen and oxygen atoms in total. The predicted molar refractivity (Wildman–Crippen MR) is 109 cm³/mol. The van der Waals surface area contributed by atoms with Crippen molar-refractivity contribution in [3.8, 4) is 0 Å². The van der Waals surface area contributed by atoms with Crippen LogP contribution in [0.3, 0.4) is 0 Å². The predicted octanol–water partition coefficient (Wildman–Crippen LogP) is 4.71. The van der Waals surface area contributed by atoms with Crippen molar-refractivity contribution in [1.82, 2.24) is 14.8 Å². The molecule has 0 atom stereocenters. The SMILES string of the molecule is CC(C)(C)c1nn(C2CCCC2)cc1S(=O)(=O)Nc1nc2ccccc2s1. The average Bonchev–Trinajstić information content (AvgIpc) is 3.31. The molecular formula is C19H24N4O2S2. The first-order chi connectivity index (χ1) is 12.7. The zero-order valence-corrected chi connectivity index (χ0v) is 17.4. The molecule has 0 radical (unpaired) electrons. The van der Waals surface area contributed by atoms with E-state index in [1.807, 2.05) is 49.7 Å². The average molecular weight is 405 g/mol. The van der Waals surface area contributed by atoms with Crippen molar-refractivity contribution in [2.45, 2.75) is 62.8 Å². The summed E-state index contributed by atoms with van der Waals surface area (Å²) in [7, 11) is -3.77. The molecule has 4 rings (SSSR count). The van der Waals surface area contributed by atoms with E-state index in [1.54, 1.807) is 6.20 Å². The molecule has 144 valence electrons. The van der Waals surface area contributed by atoms with Crippen molar-refractivity contribution in [2.75, 3.05) is 4.72 Å². The Morgan fingerprint density at radius 1 is 1.19 bits per heavy atom. The Labute approximate surface area is 163 Å². The summed E-state index contributed by atoms with van der Waals surface area (Å²) < 4.78 is 31.8. The van der Waals surface area contributed by atoms with Crippen LogP contribution in [0.2, 0.25) is 0 Å². The summed E-state index contributed by atoms with van der Waals surface area (Å²) in [6.45, 7) is 5.97. The van der Waals surface area contributed by atoms with Gasteiger partial charge in [-0.2, -0.15) is 5.10 Å². The molecule has 2 aromatic heterocycles. The molecule has 1 aliphatic carbocycles. The maximum atomic E-state index is 13.2. The van der Waals surface area contributed by atoms with Gasteiger partial charge in [0.1, 0.15) is 4.90 Å². The Morgan fingerprint density at radius 2 is 1.89 bits per heavy atom. The second kappa shape index (κ2) is 6.60. The number of hydrogen-bond donors (Lipinski definition) is 1. The normalized spacial score (nSPS) is 16.3. The summed E-state index contributed by atoms with van der Waals surface area (Å²) in [6.07, 6.45) is 6.14. The summed E-state index contributed by atoms with van der Waals surface area (Å²) in [4.78, 5) is 4.65. The fourth-order valence-corrected chi connectivity index (χ4v) is 5.98. The van der Waals surface area contributed by atoms with Gasteiger partial charge in [0.25, 0.3) is 10.0 Å². The Kier molecular flexibility index (Phi) is 4.50. The summed E-state index contributed by atoms with van der Waals surface area (Å²) in [5, 5.41) is 5.07. The minimum absolute atomic E-state index is 0.251. The van der Waals surface area contributed by atoms with Crippen molar-refractivity contribution in [2.24, 2.45) is 0 Å². The highest BCUT2D eigenvalue weighted by Gasteiger charge is 2.32. The smallest absolute Gasteiger partial charge is 0.267 e. The highest BCUT2D eigenvalue weighted by atomic mass is 32.2. The maximum absolute atomic E-state index is 13.2. The molecule has 1 saturated carbocycles. The molecule has 1 aliphatic rings. The monoisotopic (exact) mass is 404 g/mol. The number of thiazole rings is 1. The van der Waals surface area contributed by atoms with Gasteiger partial charge in [0.05, 0.1) is 22.0 Å². The second-order valence-corrected chi connectivity index (χ2v) is 10.8. The van der Waals surface area contributed by atoms with Crippen LogP contribution >= 0.6 is 11.3 Å². The number of nitrogens with one attached hydrogen (secondary N) is 1. The van der Waals surface area contributed by atoms with Crippen molar-refractivity contribution < 1.29 is 8.42 Å². The van der Waals surface area contributed by atoms with E-state index in [0.717, 1.165) is 23.1 Å². The van der Waals surface area contributed by atoms with Crippen molar-refractivity contribution in [3.05, 3.63) is 36.2 Å². The minimum Gasteiger partial charge on any atom is -0.268 e. The van der Waals surface area contributed by atoms with E-state index in [0.29, 0.717) is 10.8 Å². The van der Waals surface area contributed by atoms with Crippen LogP contribution < -0.4 is 4.72 Å². The molecular weight excluding hydrogens is 380 g/mol. The van der Waals surface area contributed by atoms with Gasteiger partial charge in [0.2, 0.25) is 0 Å². The first-order valence-electron chi connectivity index (χ1n) is 9.22. The number of nitrogens with zero attached hydrogens (tertiary/aromatic N) is 3. The van der Waals surface area contributed by atoms with Gasteiger partial charge >= 0.3 is 0 Å². The third kappa shape index (κ3) is 3.60. The molecule has 8 heteroatoms. The van der Waals surface area contributed by atoms with E-state index < -0.39 is 10.0 Å². The number of aromatic nitrogens is 3. The second-order valence-electron chi connectivity index (χ2n) is 8.10. The van der Waals surface area contributed by atoms with E-state index >= 15 is 0 Å². The van der Waals surface area contributed by atoms with E-state index in [1.165, 1.54) is 24.2 Å². The maximum Gasteiger partial charge on any atom is 0.267 e.